The Morgan fingerprint density at radius 1 is 1.52 bits per heavy atom. The number of anilines is 2. The highest BCUT2D eigenvalue weighted by Crippen LogP contribution is 2.26. The standard InChI is InChI=1S/C15H24N2O3S/c1-11(7-8-18)21-9-3-4-15(19)17-13-6-5-12(16)10-14(13)20-2/h5-6,10-11,18H,3-4,7-9,16H2,1-2H3,(H,17,19). The fraction of sp³-hybridized carbons (Fsp3) is 0.533. The number of benzene rings is 1. The van der Waals surface area contributed by atoms with Gasteiger partial charge in [0, 0.05) is 30.0 Å². The van der Waals surface area contributed by atoms with Crippen LogP contribution in [0.2, 0.25) is 0 Å². The van der Waals surface area contributed by atoms with E-state index in [2.05, 4.69) is 12.2 Å². The molecule has 5 nitrogen and oxygen atoms in total. The van der Waals surface area contributed by atoms with Gasteiger partial charge in [0.05, 0.1) is 12.8 Å². The van der Waals surface area contributed by atoms with Gasteiger partial charge in [0.1, 0.15) is 5.75 Å². The third kappa shape index (κ3) is 6.73. The number of methoxy groups -OCH3 is 1. The molecule has 0 aromatic heterocycles. The Morgan fingerprint density at radius 3 is 2.95 bits per heavy atom. The summed E-state index contributed by atoms with van der Waals surface area (Å²) in [4.78, 5) is 11.9. The van der Waals surface area contributed by atoms with Crippen LogP contribution in [0.1, 0.15) is 26.2 Å². The van der Waals surface area contributed by atoms with Crippen LogP contribution in [0.3, 0.4) is 0 Å². The Bertz CT molecular complexity index is 455. The Labute approximate surface area is 130 Å². The second kappa shape index (κ2) is 9.52. The van der Waals surface area contributed by atoms with Gasteiger partial charge in [-0.3, -0.25) is 4.79 Å². The molecule has 118 valence electrons. The first-order valence-corrected chi connectivity index (χ1v) is 8.07. The lowest BCUT2D eigenvalue weighted by Crippen LogP contribution is -2.12. The number of rotatable bonds is 9. The molecule has 0 aliphatic rings. The summed E-state index contributed by atoms with van der Waals surface area (Å²) in [5.41, 5.74) is 6.91. The molecule has 0 spiro atoms. The zero-order valence-electron chi connectivity index (χ0n) is 12.6. The monoisotopic (exact) mass is 312 g/mol. The number of aliphatic hydroxyl groups excluding tert-OH is 1. The van der Waals surface area contributed by atoms with Crippen LogP contribution in [0.5, 0.6) is 5.75 Å². The van der Waals surface area contributed by atoms with E-state index in [-0.39, 0.29) is 12.5 Å². The minimum atomic E-state index is -0.0338. The van der Waals surface area contributed by atoms with Crippen LogP contribution >= 0.6 is 11.8 Å². The minimum Gasteiger partial charge on any atom is -0.494 e. The zero-order valence-corrected chi connectivity index (χ0v) is 13.4. The van der Waals surface area contributed by atoms with E-state index in [0.717, 1.165) is 18.6 Å². The van der Waals surface area contributed by atoms with Gasteiger partial charge in [0.15, 0.2) is 0 Å². The lowest BCUT2D eigenvalue weighted by atomic mass is 10.2. The number of hydrogen-bond donors (Lipinski definition) is 3. The number of carbonyl (C=O) groups is 1. The molecule has 1 aromatic carbocycles. The third-order valence-electron chi connectivity index (χ3n) is 2.99. The largest absolute Gasteiger partial charge is 0.494 e. The molecular formula is C15H24N2O3S. The maximum absolute atomic E-state index is 11.9. The molecule has 0 bridgehead atoms. The fourth-order valence-electron chi connectivity index (χ4n) is 1.81. The molecule has 1 aromatic rings. The van der Waals surface area contributed by atoms with Crippen molar-refractivity contribution in [2.45, 2.75) is 31.4 Å². The molecule has 1 unspecified atom stereocenters. The summed E-state index contributed by atoms with van der Waals surface area (Å²) in [5, 5.41) is 12.1. The molecule has 4 N–H and O–H groups in total. The van der Waals surface area contributed by atoms with E-state index in [9.17, 15) is 4.79 Å². The topological polar surface area (TPSA) is 84.6 Å². The molecule has 1 amide bonds. The number of nitrogen functional groups attached to an aromatic ring is 1. The molecule has 0 aliphatic carbocycles. The summed E-state index contributed by atoms with van der Waals surface area (Å²) in [7, 11) is 1.55. The van der Waals surface area contributed by atoms with Crippen LogP contribution in [0, 0.1) is 0 Å². The van der Waals surface area contributed by atoms with Crippen molar-refractivity contribution in [1.82, 2.24) is 0 Å². The average molecular weight is 312 g/mol. The lowest BCUT2D eigenvalue weighted by molar-refractivity contribution is -0.116. The summed E-state index contributed by atoms with van der Waals surface area (Å²) in [6, 6.07) is 5.15. The van der Waals surface area contributed by atoms with Crippen LogP contribution in [-0.2, 0) is 4.79 Å². The number of carbonyl (C=O) groups excluding carboxylic acids is 1. The molecule has 0 fully saturated rings. The molecule has 0 saturated carbocycles. The normalized spacial score (nSPS) is 12.0. The van der Waals surface area contributed by atoms with E-state index in [1.54, 1.807) is 37.1 Å². The summed E-state index contributed by atoms with van der Waals surface area (Å²) in [6.45, 7) is 2.30. The number of aliphatic hydroxyl groups is 1. The van der Waals surface area contributed by atoms with Crippen LogP contribution in [0.15, 0.2) is 18.2 Å². The maximum Gasteiger partial charge on any atom is 0.224 e. The van der Waals surface area contributed by atoms with E-state index in [4.69, 9.17) is 15.6 Å². The van der Waals surface area contributed by atoms with Crippen molar-refractivity contribution in [3.05, 3.63) is 18.2 Å². The van der Waals surface area contributed by atoms with Crippen molar-refractivity contribution in [2.24, 2.45) is 0 Å². The Balaban J connectivity index is 2.34. The second-order valence-electron chi connectivity index (χ2n) is 4.81. The Hall–Kier alpha value is -1.40. The van der Waals surface area contributed by atoms with E-state index in [1.165, 1.54) is 0 Å². The number of ether oxygens (including phenoxy) is 1. The summed E-state index contributed by atoms with van der Waals surface area (Å²) >= 11 is 1.78. The lowest BCUT2D eigenvalue weighted by Gasteiger charge is -2.11. The molecule has 0 heterocycles. The van der Waals surface area contributed by atoms with E-state index >= 15 is 0 Å². The van der Waals surface area contributed by atoms with E-state index in [1.807, 2.05) is 0 Å². The Morgan fingerprint density at radius 2 is 2.29 bits per heavy atom. The highest BCUT2D eigenvalue weighted by atomic mass is 32.2. The van der Waals surface area contributed by atoms with Crippen molar-refractivity contribution in [2.75, 3.05) is 30.5 Å². The molecule has 1 rings (SSSR count). The van der Waals surface area contributed by atoms with Crippen molar-refractivity contribution in [3.63, 3.8) is 0 Å². The van der Waals surface area contributed by atoms with Gasteiger partial charge >= 0.3 is 0 Å². The predicted molar refractivity (Wildman–Crippen MR) is 88.9 cm³/mol. The van der Waals surface area contributed by atoms with Gasteiger partial charge in [0.2, 0.25) is 5.91 Å². The van der Waals surface area contributed by atoms with Crippen LogP contribution in [0.4, 0.5) is 11.4 Å². The predicted octanol–water partition coefficient (Wildman–Crippen LogP) is 2.50. The quantitative estimate of drug-likeness (QED) is 0.482. The van der Waals surface area contributed by atoms with Gasteiger partial charge in [0.25, 0.3) is 0 Å². The Kier molecular flexibility index (Phi) is 8.00. The van der Waals surface area contributed by atoms with Crippen molar-refractivity contribution >= 4 is 29.0 Å². The first kappa shape index (κ1) is 17.7. The van der Waals surface area contributed by atoms with Gasteiger partial charge < -0.3 is 20.9 Å². The van der Waals surface area contributed by atoms with Gasteiger partial charge in [-0.2, -0.15) is 11.8 Å². The average Bonchev–Trinajstić information content (AvgIpc) is 2.46. The van der Waals surface area contributed by atoms with Gasteiger partial charge in [-0.15, -0.1) is 0 Å². The molecule has 6 heteroatoms. The highest BCUT2D eigenvalue weighted by Gasteiger charge is 2.08. The first-order chi connectivity index (χ1) is 10.1. The number of nitrogens with one attached hydrogen (secondary N) is 1. The fourth-order valence-corrected chi connectivity index (χ4v) is 2.79. The van der Waals surface area contributed by atoms with Gasteiger partial charge in [-0.05, 0) is 30.7 Å². The van der Waals surface area contributed by atoms with E-state index in [0.29, 0.717) is 28.8 Å². The smallest absolute Gasteiger partial charge is 0.224 e. The molecule has 0 aliphatic heterocycles. The van der Waals surface area contributed by atoms with Gasteiger partial charge in [-0.1, -0.05) is 6.92 Å². The molecule has 0 radical (unpaired) electrons. The summed E-state index contributed by atoms with van der Waals surface area (Å²) < 4.78 is 5.19. The number of thioether (sulfide) groups is 1. The van der Waals surface area contributed by atoms with Crippen molar-refractivity contribution in [3.8, 4) is 5.75 Å². The molecule has 1 atom stereocenters. The number of hydrogen-bond acceptors (Lipinski definition) is 5. The van der Waals surface area contributed by atoms with E-state index < -0.39 is 0 Å². The highest BCUT2D eigenvalue weighted by molar-refractivity contribution is 7.99. The maximum atomic E-state index is 11.9. The zero-order chi connectivity index (χ0) is 15.7. The first-order valence-electron chi connectivity index (χ1n) is 7.02. The minimum absolute atomic E-state index is 0.0338. The second-order valence-corrected chi connectivity index (χ2v) is 6.35. The van der Waals surface area contributed by atoms with Crippen LogP contribution in [-0.4, -0.2) is 35.7 Å². The SMILES string of the molecule is COc1cc(N)ccc1NC(=O)CCCSC(C)CCO. The molecule has 21 heavy (non-hydrogen) atoms. The van der Waals surface area contributed by atoms with Gasteiger partial charge in [-0.25, -0.2) is 0 Å². The third-order valence-corrected chi connectivity index (χ3v) is 4.31. The van der Waals surface area contributed by atoms with Crippen LogP contribution in [0.25, 0.3) is 0 Å². The molecule has 0 saturated heterocycles. The number of nitrogens with two attached hydrogens (primary N) is 1. The van der Waals surface area contributed by atoms with Crippen molar-refractivity contribution < 1.29 is 14.6 Å². The molecular weight excluding hydrogens is 288 g/mol. The number of amides is 1. The summed E-state index contributed by atoms with van der Waals surface area (Å²) in [6.07, 6.45) is 2.06. The summed E-state index contributed by atoms with van der Waals surface area (Å²) in [5.74, 6) is 1.44. The van der Waals surface area contributed by atoms with Crippen LogP contribution < -0.4 is 15.8 Å². The van der Waals surface area contributed by atoms with Crippen molar-refractivity contribution in [1.29, 1.82) is 0 Å².